The van der Waals surface area contributed by atoms with Gasteiger partial charge in [-0.25, -0.2) is 12.7 Å². The number of sulfonamides is 1. The molecular formula is C19H27Cl2N3O3S. The molecule has 28 heavy (non-hydrogen) atoms. The van der Waals surface area contributed by atoms with Crippen LogP contribution in [0.2, 0.25) is 10.0 Å². The highest BCUT2D eigenvalue weighted by Crippen LogP contribution is 2.26. The van der Waals surface area contributed by atoms with Crippen LogP contribution in [0.25, 0.3) is 0 Å². The molecule has 0 radical (unpaired) electrons. The molecule has 0 aliphatic carbocycles. The minimum Gasteiger partial charge on any atom is -0.340 e. The third-order valence-corrected chi connectivity index (χ3v) is 8.15. The summed E-state index contributed by atoms with van der Waals surface area (Å²) in [7, 11) is -3.52. The fourth-order valence-corrected chi connectivity index (χ4v) is 5.79. The lowest BCUT2D eigenvalue weighted by atomic mass is 9.98. The maximum Gasteiger partial charge on any atom is 0.227 e. The lowest BCUT2D eigenvalue weighted by molar-refractivity contribution is -0.138. The number of carbonyl (C=O) groups is 1. The largest absolute Gasteiger partial charge is 0.340 e. The summed E-state index contributed by atoms with van der Waals surface area (Å²) in [6.07, 6.45) is 1.44. The van der Waals surface area contributed by atoms with Gasteiger partial charge in [-0.05, 0) is 37.1 Å². The molecule has 2 heterocycles. The average molecular weight is 448 g/mol. The van der Waals surface area contributed by atoms with E-state index in [0.29, 0.717) is 28.6 Å². The van der Waals surface area contributed by atoms with E-state index < -0.39 is 10.0 Å². The molecule has 1 atom stereocenters. The fraction of sp³-hybridized carbons (Fsp3) is 0.632. The number of piperazine rings is 1. The number of hydrogen-bond donors (Lipinski definition) is 0. The molecule has 0 unspecified atom stereocenters. The van der Waals surface area contributed by atoms with Gasteiger partial charge in [-0.1, -0.05) is 36.2 Å². The van der Waals surface area contributed by atoms with Crippen LogP contribution in [0.1, 0.15) is 25.3 Å². The van der Waals surface area contributed by atoms with Crippen molar-refractivity contribution in [3.8, 4) is 0 Å². The van der Waals surface area contributed by atoms with Gasteiger partial charge in [0.1, 0.15) is 0 Å². The average Bonchev–Trinajstić information content (AvgIpc) is 2.70. The third kappa shape index (κ3) is 5.19. The maximum atomic E-state index is 12.9. The summed E-state index contributed by atoms with van der Waals surface area (Å²) >= 11 is 11.9. The zero-order chi connectivity index (χ0) is 20.3. The highest BCUT2D eigenvalue weighted by molar-refractivity contribution is 7.88. The molecule has 156 valence electrons. The Morgan fingerprint density at radius 3 is 2.46 bits per heavy atom. The van der Waals surface area contributed by atoms with Gasteiger partial charge in [-0.15, -0.1) is 0 Å². The molecule has 6 nitrogen and oxygen atoms in total. The molecule has 0 aromatic heterocycles. The lowest BCUT2D eigenvalue weighted by Crippen LogP contribution is -2.53. The second kappa shape index (κ2) is 9.30. The minimum atomic E-state index is -3.52. The summed E-state index contributed by atoms with van der Waals surface area (Å²) in [4.78, 5) is 17.1. The molecule has 0 N–H and O–H groups in total. The van der Waals surface area contributed by atoms with Crippen molar-refractivity contribution in [1.29, 1.82) is 0 Å². The van der Waals surface area contributed by atoms with Gasteiger partial charge in [0.15, 0.2) is 0 Å². The van der Waals surface area contributed by atoms with Crippen molar-refractivity contribution in [3.05, 3.63) is 33.8 Å². The van der Waals surface area contributed by atoms with Gasteiger partial charge in [-0.3, -0.25) is 4.79 Å². The van der Waals surface area contributed by atoms with Crippen LogP contribution in [0.4, 0.5) is 0 Å². The Morgan fingerprint density at radius 2 is 1.82 bits per heavy atom. The third-order valence-electron chi connectivity index (χ3n) is 5.59. The smallest absolute Gasteiger partial charge is 0.227 e. The normalized spacial score (nSPS) is 22.4. The first-order chi connectivity index (χ1) is 13.3. The molecule has 9 heteroatoms. The first kappa shape index (κ1) is 21.8. The van der Waals surface area contributed by atoms with Gasteiger partial charge in [0.2, 0.25) is 15.9 Å². The Bertz CT molecular complexity index is 811. The van der Waals surface area contributed by atoms with Gasteiger partial charge in [0.25, 0.3) is 0 Å². The second-order valence-corrected chi connectivity index (χ2v) is 10.2. The Labute approximate surface area is 177 Å². The zero-order valence-corrected chi connectivity index (χ0v) is 18.4. The van der Waals surface area contributed by atoms with E-state index in [1.165, 1.54) is 4.31 Å². The summed E-state index contributed by atoms with van der Waals surface area (Å²) in [5.74, 6) is -0.310. The summed E-state index contributed by atoms with van der Waals surface area (Å²) in [6, 6.07) is 4.86. The second-order valence-electron chi connectivity index (χ2n) is 7.46. The first-order valence-electron chi connectivity index (χ1n) is 9.73. The maximum absolute atomic E-state index is 12.9. The molecule has 3 rings (SSSR count). The molecular weight excluding hydrogens is 421 g/mol. The molecule has 0 saturated carbocycles. The van der Waals surface area contributed by atoms with Crippen molar-refractivity contribution < 1.29 is 13.2 Å². The number of halogens is 2. The van der Waals surface area contributed by atoms with Gasteiger partial charge < -0.3 is 9.80 Å². The molecule has 1 aromatic carbocycles. The highest BCUT2D eigenvalue weighted by Gasteiger charge is 2.35. The van der Waals surface area contributed by atoms with E-state index in [2.05, 4.69) is 11.8 Å². The fourth-order valence-electron chi connectivity index (χ4n) is 3.87. The Hall–Kier alpha value is -0.860. The van der Waals surface area contributed by atoms with E-state index in [4.69, 9.17) is 23.2 Å². The number of benzene rings is 1. The van der Waals surface area contributed by atoms with E-state index in [1.807, 2.05) is 4.90 Å². The number of piperidine rings is 1. The zero-order valence-electron chi connectivity index (χ0n) is 16.1. The Morgan fingerprint density at radius 1 is 1.11 bits per heavy atom. The molecule has 2 aliphatic heterocycles. The summed E-state index contributed by atoms with van der Waals surface area (Å²) < 4.78 is 27.3. The highest BCUT2D eigenvalue weighted by atomic mass is 35.5. The molecule has 1 aromatic rings. The number of likely N-dealkylation sites (N-methyl/N-ethyl adjacent to an activating group) is 1. The van der Waals surface area contributed by atoms with Gasteiger partial charge in [0.05, 0.1) is 21.7 Å². The number of carbonyl (C=O) groups excluding carboxylic acids is 1. The van der Waals surface area contributed by atoms with E-state index in [-0.39, 0.29) is 24.1 Å². The van der Waals surface area contributed by atoms with Gasteiger partial charge in [-0.2, -0.15) is 0 Å². The number of hydrogen-bond acceptors (Lipinski definition) is 4. The summed E-state index contributed by atoms with van der Waals surface area (Å²) in [6.45, 7) is 7.04. The molecule has 0 bridgehead atoms. The number of rotatable bonds is 5. The number of nitrogens with zero attached hydrogens (tertiary/aromatic N) is 3. The van der Waals surface area contributed by atoms with Crippen LogP contribution in [-0.2, 0) is 20.6 Å². The predicted octanol–water partition coefficient (Wildman–Crippen LogP) is 2.70. The molecule has 0 spiro atoms. The van der Waals surface area contributed by atoms with Crippen LogP contribution in [0.15, 0.2) is 18.2 Å². The van der Waals surface area contributed by atoms with Crippen molar-refractivity contribution in [2.24, 2.45) is 5.92 Å². The van der Waals surface area contributed by atoms with Gasteiger partial charge >= 0.3 is 0 Å². The van der Waals surface area contributed by atoms with Crippen LogP contribution in [0.3, 0.4) is 0 Å². The Kier molecular flexibility index (Phi) is 7.26. The van der Waals surface area contributed by atoms with E-state index in [0.717, 1.165) is 39.1 Å². The van der Waals surface area contributed by atoms with E-state index in [9.17, 15) is 13.2 Å². The quantitative estimate of drug-likeness (QED) is 0.695. The van der Waals surface area contributed by atoms with Crippen molar-refractivity contribution in [3.63, 3.8) is 0 Å². The van der Waals surface area contributed by atoms with Gasteiger partial charge in [0, 0.05) is 39.3 Å². The van der Waals surface area contributed by atoms with Crippen LogP contribution in [-0.4, -0.2) is 74.2 Å². The predicted molar refractivity (Wildman–Crippen MR) is 112 cm³/mol. The minimum absolute atomic E-state index is 0.0881. The van der Waals surface area contributed by atoms with Crippen molar-refractivity contribution in [1.82, 2.24) is 14.1 Å². The van der Waals surface area contributed by atoms with Crippen LogP contribution >= 0.6 is 23.2 Å². The van der Waals surface area contributed by atoms with E-state index in [1.54, 1.807) is 18.2 Å². The van der Waals surface area contributed by atoms with Crippen LogP contribution in [0.5, 0.6) is 0 Å². The van der Waals surface area contributed by atoms with Crippen molar-refractivity contribution in [2.45, 2.75) is 25.5 Å². The Balaban J connectivity index is 1.63. The monoisotopic (exact) mass is 447 g/mol. The van der Waals surface area contributed by atoms with Crippen molar-refractivity contribution in [2.75, 3.05) is 45.8 Å². The molecule has 2 aliphatic rings. The van der Waals surface area contributed by atoms with Crippen LogP contribution in [0, 0.1) is 5.92 Å². The summed E-state index contributed by atoms with van der Waals surface area (Å²) in [5.41, 5.74) is 0.596. The lowest BCUT2D eigenvalue weighted by Gasteiger charge is -2.38. The van der Waals surface area contributed by atoms with Crippen molar-refractivity contribution >= 4 is 39.1 Å². The van der Waals surface area contributed by atoms with E-state index >= 15 is 0 Å². The number of amides is 1. The molecule has 2 fully saturated rings. The first-order valence-corrected chi connectivity index (χ1v) is 12.1. The molecule has 2 saturated heterocycles. The standard InChI is InChI=1S/C19H27Cl2N3O3S/c1-2-22-8-10-23(11-9-22)19(25)16-4-3-7-24(13-16)28(26,27)14-15-5-6-17(20)18(21)12-15/h5-6,12,16H,2-4,7-11,13-14H2,1H3/t16-/m1/s1. The van der Waals surface area contributed by atoms with Crippen LogP contribution < -0.4 is 0 Å². The summed E-state index contributed by atoms with van der Waals surface area (Å²) in [5, 5.41) is 0.738. The SMILES string of the molecule is CCN1CCN(C(=O)[C@@H]2CCCN(S(=O)(=O)Cc3ccc(Cl)c(Cl)c3)C2)CC1. The molecule has 1 amide bonds. The topological polar surface area (TPSA) is 60.9 Å².